The summed E-state index contributed by atoms with van der Waals surface area (Å²) in [4.78, 5) is 23.1. The van der Waals surface area contributed by atoms with Gasteiger partial charge in [0.2, 0.25) is 0 Å². The number of halogens is 3. The highest BCUT2D eigenvalue weighted by molar-refractivity contribution is 5.89. The van der Waals surface area contributed by atoms with Gasteiger partial charge in [0, 0.05) is 6.54 Å². The molecule has 0 atom stereocenters. The normalized spacial score (nSPS) is 10.9. The Morgan fingerprint density at radius 3 is 2.15 bits per heavy atom. The largest absolute Gasteiger partial charge is 0.484 e. The summed E-state index contributed by atoms with van der Waals surface area (Å²) < 4.78 is 47.1. The molecule has 5 nitrogen and oxygen atoms in total. The molecule has 0 aromatic heterocycles. The van der Waals surface area contributed by atoms with Crippen LogP contribution >= 0.6 is 0 Å². The first kappa shape index (κ1) is 19.3. The molecule has 0 unspecified atom stereocenters. The summed E-state index contributed by atoms with van der Waals surface area (Å²) >= 11 is 0. The van der Waals surface area contributed by atoms with Crippen LogP contribution in [0.5, 0.6) is 5.75 Å². The fourth-order valence-electron chi connectivity index (χ4n) is 2.02. The molecule has 0 aliphatic carbocycles. The molecule has 0 bridgehead atoms. The molecule has 2 aromatic rings. The second-order valence-electron chi connectivity index (χ2n) is 5.28. The monoisotopic (exact) mass is 367 g/mol. The van der Waals surface area contributed by atoms with Crippen molar-refractivity contribution in [3.8, 4) is 5.75 Å². The van der Waals surface area contributed by atoms with Gasteiger partial charge in [-0.3, -0.25) is 4.79 Å². The zero-order chi connectivity index (χ0) is 19.2. The molecular formula is C18H16F3NO4. The van der Waals surface area contributed by atoms with E-state index in [1.54, 1.807) is 24.3 Å². The van der Waals surface area contributed by atoms with Gasteiger partial charge < -0.3 is 14.8 Å². The van der Waals surface area contributed by atoms with Crippen molar-refractivity contribution in [2.75, 3.05) is 13.7 Å². The molecule has 1 N–H and O–H groups in total. The number of rotatable bonds is 6. The smallest absolute Gasteiger partial charge is 0.416 e. The fraction of sp³-hybridized carbons (Fsp3) is 0.222. The van der Waals surface area contributed by atoms with Crippen LogP contribution < -0.4 is 10.1 Å². The minimum absolute atomic E-state index is 0.163. The molecule has 0 fully saturated rings. The van der Waals surface area contributed by atoms with Crippen molar-refractivity contribution in [2.45, 2.75) is 12.7 Å². The van der Waals surface area contributed by atoms with E-state index in [1.807, 2.05) is 0 Å². The van der Waals surface area contributed by atoms with E-state index in [2.05, 4.69) is 10.1 Å². The van der Waals surface area contributed by atoms with E-state index in [4.69, 9.17) is 4.74 Å². The maximum absolute atomic E-state index is 12.5. The topological polar surface area (TPSA) is 64.6 Å². The first-order valence-corrected chi connectivity index (χ1v) is 7.53. The molecule has 0 aliphatic rings. The Morgan fingerprint density at radius 2 is 1.62 bits per heavy atom. The minimum Gasteiger partial charge on any atom is -0.484 e. The van der Waals surface area contributed by atoms with Crippen molar-refractivity contribution in [2.24, 2.45) is 0 Å². The summed E-state index contributed by atoms with van der Waals surface area (Å²) in [6.45, 7) is -0.109. The van der Waals surface area contributed by atoms with Crippen LogP contribution in [0, 0.1) is 0 Å². The third-order valence-corrected chi connectivity index (χ3v) is 3.42. The number of carbonyl (C=O) groups is 2. The minimum atomic E-state index is -4.42. The summed E-state index contributed by atoms with van der Waals surface area (Å²) in [5.41, 5.74) is 0.374. The van der Waals surface area contributed by atoms with E-state index in [0.29, 0.717) is 5.56 Å². The molecule has 2 rings (SSSR count). The van der Waals surface area contributed by atoms with Gasteiger partial charge in [-0.05, 0) is 42.0 Å². The number of esters is 1. The van der Waals surface area contributed by atoms with E-state index in [1.165, 1.54) is 7.11 Å². The zero-order valence-corrected chi connectivity index (χ0v) is 13.8. The molecular weight excluding hydrogens is 351 g/mol. The van der Waals surface area contributed by atoms with Crippen LogP contribution in [0.4, 0.5) is 13.2 Å². The van der Waals surface area contributed by atoms with Gasteiger partial charge >= 0.3 is 12.1 Å². The quantitative estimate of drug-likeness (QED) is 0.797. The van der Waals surface area contributed by atoms with Gasteiger partial charge in [0.1, 0.15) is 5.75 Å². The molecule has 0 radical (unpaired) electrons. The number of nitrogens with one attached hydrogen (secondary N) is 1. The fourth-order valence-corrected chi connectivity index (χ4v) is 2.02. The van der Waals surface area contributed by atoms with E-state index in [-0.39, 0.29) is 18.9 Å². The lowest BCUT2D eigenvalue weighted by Gasteiger charge is -2.10. The Kier molecular flexibility index (Phi) is 6.21. The van der Waals surface area contributed by atoms with Crippen molar-refractivity contribution < 1.29 is 32.2 Å². The lowest BCUT2D eigenvalue weighted by molar-refractivity contribution is -0.137. The van der Waals surface area contributed by atoms with Gasteiger partial charge in [-0.2, -0.15) is 13.2 Å². The number of hydrogen-bond acceptors (Lipinski definition) is 4. The van der Waals surface area contributed by atoms with Crippen LogP contribution in [0.15, 0.2) is 48.5 Å². The van der Waals surface area contributed by atoms with Crippen molar-refractivity contribution >= 4 is 11.9 Å². The molecule has 0 spiro atoms. The van der Waals surface area contributed by atoms with Gasteiger partial charge in [0.25, 0.3) is 5.91 Å². The Balaban J connectivity index is 1.79. The molecule has 26 heavy (non-hydrogen) atoms. The number of hydrogen-bond donors (Lipinski definition) is 1. The molecule has 138 valence electrons. The standard InChI is InChI=1S/C18H16F3NO4/c1-25-17(24)13-4-2-12(3-5-13)10-22-16(23)11-26-15-8-6-14(7-9-15)18(19,20)21/h2-9H,10-11H2,1H3,(H,22,23). The molecule has 0 heterocycles. The second kappa shape index (κ2) is 8.37. The number of ether oxygens (including phenoxy) is 2. The molecule has 1 amide bonds. The SMILES string of the molecule is COC(=O)c1ccc(CNC(=O)COc2ccc(C(F)(F)F)cc2)cc1. The van der Waals surface area contributed by atoms with Crippen LogP contribution in [0.2, 0.25) is 0 Å². The molecule has 8 heteroatoms. The number of methoxy groups -OCH3 is 1. The van der Waals surface area contributed by atoms with Crippen molar-refractivity contribution in [3.63, 3.8) is 0 Å². The highest BCUT2D eigenvalue weighted by Crippen LogP contribution is 2.30. The van der Waals surface area contributed by atoms with Crippen molar-refractivity contribution in [1.29, 1.82) is 0 Å². The molecule has 2 aromatic carbocycles. The lowest BCUT2D eigenvalue weighted by Crippen LogP contribution is -2.28. The number of amides is 1. The third-order valence-electron chi connectivity index (χ3n) is 3.42. The van der Waals surface area contributed by atoms with Crippen molar-refractivity contribution in [1.82, 2.24) is 5.32 Å². The predicted octanol–water partition coefficient (Wildman–Crippen LogP) is 3.19. The number of benzene rings is 2. The zero-order valence-electron chi connectivity index (χ0n) is 13.8. The second-order valence-corrected chi connectivity index (χ2v) is 5.28. The van der Waals surface area contributed by atoms with Crippen LogP contribution in [-0.4, -0.2) is 25.6 Å². The summed E-state index contributed by atoms with van der Waals surface area (Å²) in [6, 6.07) is 10.6. The predicted molar refractivity (Wildman–Crippen MR) is 86.6 cm³/mol. The van der Waals surface area contributed by atoms with Crippen LogP contribution in [0.3, 0.4) is 0 Å². The van der Waals surface area contributed by atoms with Gasteiger partial charge in [0.15, 0.2) is 6.61 Å². The van der Waals surface area contributed by atoms with E-state index < -0.39 is 23.6 Å². The summed E-state index contributed by atoms with van der Waals surface area (Å²) in [5.74, 6) is -0.719. The third kappa shape index (κ3) is 5.51. The first-order chi connectivity index (χ1) is 12.3. The van der Waals surface area contributed by atoms with E-state index >= 15 is 0 Å². The first-order valence-electron chi connectivity index (χ1n) is 7.53. The summed E-state index contributed by atoms with van der Waals surface area (Å²) in [7, 11) is 1.28. The van der Waals surface area contributed by atoms with E-state index in [9.17, 15) is 22.8 Å². The van der Waals surface area contributed by atoms with E-state index in [0.717, 1.165) is 29.8 Å². The molecule has 0 aliphatic heterocycles. The number of alkyl halides is 3. The van der Waals surface area contributed by atoms with Crippen LogP contribution in [0.1, 0.15) is 21.5 Å². The summed E-state index contributed by atoms with van der Waals surface area (Å²) in [6.07, 6.45) is -4.42. The van der Waals surface area contributed by atoms with Crippen LogP contribution in [0.25, 0.3) is 0 Å². The van der Waals surface area contributed by atoms with Gasteiger partial charge in [-0.1, -0.05) is 12.1 Å². The van der Waals surface area contributed by atoms with Gasteiger partial charge in [-0.25, -0.2) is 4.79 Å². The average molecular weight is 367 g/mol. The molecule has 0 saturated carbocycles. The Hall–Kier alpha value is -3.03. The number of carbonyl (C=O) groups excluding carboxylic acids is 2. The maximum atomic E-state index is 12.5. The van der Waals surface area contributed by atoms with Crippen molar-refractivity contribution in [3.05, 3.63) is 65.2 Å². The highest BCUT2D eigenvalue weighted by atomic mass is 19.4. The maximum Gasteiger partial charge on any atom is 0.416 e. The average Bonchev–Trinajstić information content (AvgIpc) is 2.64. The molecule has 0 saturated heterocycles. The van der Waals surface area contributed by atoms with Gasteiger partial charge in [-0.15, -0.1) is 0 Å². The Labute approximate surface area is 147 Å². The summed E-state index contributed by atoms with van der Waals surface area (Å²) in [5, 5.41) is 2.61. The highest BCUT2D eigenvalue weighted by Gasteiger charge is 2.30. The Bertz CT molecular complexity index is 756. The Morgan fingerprint density at radius 1 is 1.00 bits per heavy atom. The van der Waals surface area contributed by atoms with Gasteiger partial charge in [0.05, 0.1) is 18.2 Å². The van der Waals surface area contributed by atoms with Crippen LogP contribution in [-0.2, 0) is 22.3 Å². The lowest BCUT2D eigenvalue weighted by atomic mass is 10.1.